The van der Waals surface area contributed by atoms with E-state index in [4.69, 9.17) is 4.98 Å². The quantitative estimate of drug-likeness (QED) is 0.574. The fourth-order valence-corrected chi connectivity index (χ4v) is 2.80. The van der Waals surface area contributed by atoms with Gasteiger partial charge in [-0.2, -0.15) is 5.10 Å². The van der Waals surface area contributed by atoms with Crippen LogP contribution >= 0.6 is 0 Å². The average Bonchev–Trinajstić information content (AvgIpc) is 2.89. The molecule has 0 spiro atoms. The number of benzene rings is 1. The van der Waals surface area contributed by atoms with Crippen LogP contribution in [0, 0.1) is 13.8 Å². The topological polar surface area (TPSA) is 54.5 Å². The van der Waals surface area contributed by atoms with Crippen LogP contribution in [-0.2, 0) is 0 Å². The van der Waals surface area contributed by atoms with Gasteiger partial charge in [0.05, 0.1) is 22.6 Å². The second kappa shape index (κ2) is 4.38. The van der Waals surface area contributed by atoms with E-state index in [1.807, 2.05) is 25.1 Å². The van der Waals surface area contributed by atoms with Gasteiger partial charge in [0.2, 0.25) is 0 Å². The molecule has 0 amide bonds. The van der Waals surface area contributed by atoms with Crippen molar-refractivity contribution in [1.29, 1.82) is 0 Å². The minimum Gasteiger partial charge on any atom is -0.275 e. The molecule has 0 fully saturated rings. The van der Waals surface area contributed by atoms with Crippen LogP contribution in [-0.4, -0.2) is 20.2 Å². The first-order valence-corrected chi connectivity index (χ1v) is 6.91. The first kappa shape index (κ1) is 12.0. The third-order valence-corrected chi connectivity index (χ3v) is 3.82. The number of nitrogens with zero attached hydrogens (tertiary/aromatic N) is 3. The minimum atomic E-state index is 0.885. The van der Waals surface area contributed by atoms with Crippen LogP contribution in [0.1, 0.15) is 11.3 Å². The number of pyridine rings is 2. The molecule has 1 aromatic carbocycles. The van der Waals surface area contributed by atoms with Crippen molar-refractivity contribution in [3.8, 4) is 11.4 Å². The summed E-state index contributed by atoms with van der Waals surface area (Å²) in [6.07, 6.45) is 1.80. The highest BCUT2D eigenvalue weighted by molar-refractivity contribution is 6.10. The Kier molecular flexibility index (Phi) is 2.51. The molecule has 4 aromatic rings. The maximum Gasteiger partial charge on any atom is 0.112 e. The van der Waals surface area contributed by atoms with Gasteiger partial charge < -0.3 is 0 Å². The van der Waals surface area contributed by atoms with E-state index in [0.29, 0.717) is 0 Å². The number of aromatic amines is 1. The highest BCUT2D eigenvalue weighted by Crippen LogP contribution is 2.33. The number of H-pyrrole nitrogens is 1. The van der Waals surface area contributed by atoms with Gasteiger partial charge in [-0.25, -0.2) is 4.98 Å². The zero-order valence-corrected chi connectivity index (χ0v) is 11.9. The van der Waals surface area contributed by atoms with Gasteiger partial charge in [-0.15, -0.1) is 0 Å². The highest BCUT2D eigenvalue weighted by atomic mass is 15.1. The van der Waals surface area contributed by atoms with Crippen LogP contribution in [0.4, 0.5) is 0 Å². The summed E-state index contributed by atoms with van der Waals surface area (Å²) >= 11 is 0. The number of aromatic nitrogens is 4. The lowest BCUT2D eigenvalue weighted by Gasteiger charge is -2.09. The second-order valence-electron chi connectivity index (χ2n) is 5.21. The lowest BCUT2D eigenvalue weighted by molar-refractivity contribution is 1.07. The monoisotopic (exact) mass is 274 g/mol. The van der Waals surface area contributed by atoms with Crippen LogP contribution in [0.15, 0.2) is 42.6 Å². The Labute approximate surface area is 121 Å². The predicted octanol–water partition coefficient (Wildman–Crippen LogP) is 3.79. The lowest BCUT2D eigenvalue weighted by atomic mass is 10.0. The molecule has 0 unspecified atom stereocenters. The standard InChI is InChI=1S/C17H14N4/c1-10-6-5-7-12-14(10)17-15(11(2)20-21-17)19-16(12)13-8-3-4-9-18-13/h3-9H,1-2H3,(H,20,21). The van der Waals surface area contributed by atoms with Crippen LogP contribution in [0.25, 0.3) is 33.2 Å². The summed E-state index contributed by atoms with van der Waals surface area (Å²) in [4.78, 5) is 9.27. The van der Waals surface area contributed by atoms with Crippen molar-refractivity contribution in [2.45, 2.75) is 13.8 Å². The van der Waals surface area contributed by atoms with Crippen molar-refractivity contribution >= 4 is 21.8 Å². The van der Waals surface area contributed by atoms with E-state index < -0.39 is 0 Å². The number of rotatable bonds is 1. The molecule has 4 heteroatoms. The van der Waals surface area contributed by atoms with E-state index in [2.05, 4.69) is 40.3 Å². The smallest absolute Gasteiger partial charge is 0.112 e. The van der Waals surface area contributed by atoms with E-state index in [1.165, 1.54) is 10.9 Å². The van der Waals surface area contributed by atoms with Crippen molar-refractivity contribution in [2.75, 3.05) is 0 Å². The Hall–Kier alpha value is -2.75. The van der Waals surface area contributed by atoms with Gasteiger partial charge in [-0.1, -0.05) is 24.3 Å². The Morgan fingerprint density at radius 1 is 1.00 bits per heavy atom. The molecule has 0 saturated carbocycles. The lowest BCUT2D eigenvalue weighted by Crippen LogP contribution is -1.92. The fourth-order valence-electron chi connectivity index (χ4n) is 2.80. The van der Waals surface area contributed by atoms with E-state index in [0.717, 1.165) is 33.5 Å². The molecule has 4 rings (SSSR count). The SMILES string of the molecule is Cc1n[nH]c2c1nc(-c1ccccn1)c1cccc(C)c12. The molecule has 4 nitrogen and oxygen atoms in total. The molecule has 3 heterocycles. The minimum absolute atomic E-state index is 0.885. The van der Waals surface area contributed by atoms with Gasteiger partial charge in [0.1, 0.15) is 5.52 Å². The van der Waals surface area contributed by atoms with Crippen LogP contribution < -0.4 is 0 Å². The molecule has 0 aliphatic heterocycles. The van der Waals surface area contributed by atoms with Crippen molar-refractivity contribution in [1.82, 2.24) is 20.2 Å². The van der Waals surface area contributed by atoms with Crippen molar-refractivity contribution in [3.63, 3.8) is 0 Å². The molecule has 21 heavy (non-hydrogen) atoms. The summed E-state index contributed by atoms with van der Waals surface area (Å²) in [6.45, 7) is 4.08. The van der Waals surface area contributed by atoms with Gasteiger partial charge in [-0.05, 0) is 31.5 Å². The molecule has 1 N–H and O–H groups in total. The molecule has 0 aliphatic rings. The number of aryl methyl sites for hydroxylation is 2. The summed E-state index contributed by atoms with van der Waals surface area (Å²) in [5.41, 5.74) is 5.83. The summed E-state index contributed by atoms with van der Waals surface area (Å²) < 4.78 is 0. The first-order valence-electron chi connectivity index (χ1n) is 6.91. The normalized spacial score (nSPS) is 11.3. The van der Waals surface area contributed by atoms with Gasteiger partial charge in [0.25, 0.3) is 0 Å². The molecule has 0 saturated heterocycles. The van der Waals surface area contributed by atoms with Crippen LogP contribution in [0.3, 0.4) is 0 Å². The molecule has 0 radical (unpaired) electrons. The number of hydrogen-bond donors (Lipinski definition) is 1. The van der Waals surface area contributed by atoms with Gasteiger partial charge in [-0.3, -0.25) is 10.1 Å². The molecular formula is C17H14N4. The fraction of sp³-hybridized carbons (Fsp3) is 0.118. The summed E-state index contributed by atoms with van der Waals surface area (Å²) in [6, 6.07) is 12.2. The van der Waals surface area contributed by atoms with Crippen molar-refractivity contribution < 1.29 is 0 Å². The van der Waals surface area contributed by atoms with E-state index in [9.17, 15) is 0 Å². The maximum absolute atomic E-state index is 4.82. The summed E-state index contributed by atoms with van der Waals surface area (Å²) in [5, 5.41) is 9.70. The number of fused-ring (bicyclic) bond motifs is 3. The second-order valence-corrected chi connectivity index (χ2v) is 5.21. The Balaban J connectivity index is 2.24. The van der Waals surface area contributed by atoms with Crippen LogP contribution in [0.5, 0.6) is 0 Å². The Morgan fingerprint density at radius 2 is 1.90 bits per heavy atom. The maximum atomic E-state index is 4.82. The van der Waals surface area contributed by atoms with Gasteiger partial charge in [0.15, 0.2) is 0 Å². The zero-order valence-electron chi connectivity index (χ0n) is 11.9. The van der Waals surface area contributed by atoms with E-state index >= 15 is 0 Å². The third-order valence-electron chi connectivity index (χ3n) is 3.82. The van der Waals surface area contributed by atoms with Crippen molar-refractivity contribution in [3.05, 3.63) is 53.9 Å². The Morgan fingerprint density at radius 3 is 2.71 bits per heavy atom. The predicted molar refractivity (Wildman–Crippen MR) is 84.1 cm³/mol. The Bertz CT molecular complexity index is 955. The van der Waals surface area contributed by atoms with Crippen molar-refractivity contribution in [2.24, 2.45) is 0 Å². The molecule has 0 atom stereocenters. The summed E-state index contributed by atoms with van der Waals surface area (Å²) in [7, 11) is 0. The van der Waals surface area contributed by atoms with E-state index in [-0.39, 0.29) is 0 Å². The zero-order chi connectivity index (χ0) is 14.4. The molecule has 0 aliphatic carbocycles. The third kappa shape index (κ3) is 1.72. The first-order chi connectivity index (χ1) is 10.3. The summed E-state index contributed by atoms with van der Waals surface area (Å²) in [5.74, 6) is 0. The highest BCUT2D eigenvalue weighted by Gasteiger charge is 2.15. The van der Waals surface area contributed by atoms with E-state index in [1.54, 1.807) is 6.20 Å². The molecular weight excluding hydrogens is 260 g/mol. The largest absolute Gasteiger partial charge is 0.275 e. The number of hydrogen-bond acceptors (Lipinski definition) is 3. The molecule has 0 bridgehead atoms. The van der Waals surface area contributed by atoms with Gasteiger partial charge in [0, 0.05) is 17.0 Å². The average molecular weight is 274 g/mol. The number of nitrogens with one attached hydrogen (secondary N) is 1. The molecule has 102 valence electrons. The van der Waals surface area contributed by atoms with Gasteiger partial charge >= 0.3 is 0 Å². The molecule has 3 aromatic heterocycles. The van der Waals surface area contributed by atoms with Crippen LogP contribution in [0.2, 0.25) is 0 Å².